The highest BCUT2D eigenvalue weighted by atomic mass is 79.9. The summed E-state index contributed by atoms with van der Waals surface area (Å²) in [5.74, 6) is -1.19. The topological polar surface area (TPSA) is 57.5 Å². The summed E-state index contributed by atoms with van der Waals surface area (Å²) in [6.45, 7) is 1.31. The molecule has 0 saturated carbocycles. The quantitative estimate of drug-likeness (QED) is 0.884. The molecule has 0 aliphatic carbocycles. The number of hydrogen-bond donors (Lipinski definition) is 2. The van der Waals surface area contributed by atoms with Crippen LogP contribution in [0.4, 0.5) is 0 Å². The molecular formula is C11H13BrO3. The van der Waals surface area contributed by atoms with Crippen molar-refractivity contribution >= 4 is 21.9 Å². The Kier molecular flexibility index (Phi) is 3.88. The lowest BCUT2D eigenvalue weighted by Gasteiger charge is -2.17. The van der Waals surface area contributed by atoms with E-state index >= 15 is 0 Å². The Morgan fingerprint density at radius 2 is 2.07 bits per heavy atom. The van der Waals surface area contributed by atoms with E-state index in [4.69, 9.17) is 5.11 Å². The number of carbonyl (C=O) groups is 1. The molecule has 0 amide bonds. The average Bonchev–Trinajstić information content (AvgIpc) is 2.16. The van der Waals surface area contributed by atoms with E-state index in [0.717, 1.165) is 10.0 Å². The highest BCUT2D eigenvalue weighted by Gasteiger charge is 2.29. The summed E-state index contributed by atoms with van der Waals surface area (Å²) in [5.41, 5.74) is -0.658. The molecule has 0 aromatic heterocycles. The van der Waals surface area contributed by atoms with Gasteiger partial charge in [0.25, 0.3) is 0 Å². The summed E-state index contributed by atoms with van der Waals surface area (Å²) >= 11 is 3.37. The molecule has 0 radical (unpaired) electrons. The summed E-state index contributed by atoms with van der Waals surface area (Å²) in [6.07, 6.45) is 0.728. The molecule has 0 aliphatic heterocycles. The molecule has 0 fully saturated rings. The third kappa shape index (κ3) is 3.32. The SMILES string of the molecule is CC(O)(CCc1ccccc1Br)C(=O)O. The van der Waals surface area contributed by atoms with E-state index in [2.05, 4.69) is 15.9 Å². The lowest BCUT2D eigenvalue weighted by atomic mass is 9.97. The fourth-order valence-electron chi connectivity index (χ4n) is 1.19. The maximum Gasteiger partial charge on any atom is 0.335 e. The first-order valence-electron chi connectivity index (χ1n) is 4.62. The van der Waals surface area contributed by atoms with Crippen molar-refractivity contribution in [1.82, 2.24) is 0 Å². The number of benzene rings is 1. The maximum atomic E-state index is 10.7. The van der Waals surface area contributed by atoms with Gasteiger partial charge >= 0.3 is 5.97 Å². The van der Waals surface area contributed by atoms with Crippen LogP contribution in [0.3, 0.4) is 0 Å². The number of aliphatic carboxylic acids is 1. The van der Waals surface area contributed by atoms with Gasteiger partial charge < -0.3 is 10.2 Å². The third-order valence-corrected chi connectivity index (χ3v) is 3.07. The van der Waals surface area contributed by atoms with Gasteiger partial charge in [0, 0.05) is 4.47 Å². The number of rotatable bonds is 4. The molecule has 0 spiro atoms. The second-order valence-electron chi connectivity index (χ2n) is 3.67. The zero-order valence-corrected chi connectivity index (χ0v) is 9.99. The normalized spacial score (nSPS) is 14.6. The highest BCUT2D eigenvalue weighted by Crippen LogP contribution is 2.20. The number of hydrogen-bond acceptors (Lipinski definition) is 2. The number of aliphatic hydroxyl groups is 1. The summed E-state index contributed by atoms with van der Waals surface area (Å²) in [5, 5.41) is 18.3. The van der Waals surface area contributed by atoms with Crippen molar-refractivity contribution in [2.24, 2.45) is 0 Å². The zero-order valence-electron chi connectivity index (χ0n) is 8.40. The Balaban J connectivity index is 2.66. The molecule has 1 atom stereocenters. The van der Waals surface area contributed by atoms with Crippen LogP contribution in [0.5, 0.6) is 0 Å². The van der Waals surface area contributed by atoms with Gasteiger partial charge in [0.1, 0.15) is 0 Å². The van der Waals surface area contributed by atoms with Crippen molar-refractivity contribution in [3.8, 4) is 0 Å². The lowest BCUT2D eigenvalue weighted by molar-refractivity contribution is -0.157. The summed E-state index contributed by atoms with van der Waals surface area (Å²) in [4.78, 5) is 10.7. The molecule has 2 N–H and O–H groups in total. The smallest absolute Gasteiger partial charge is 0.335 e. The number of carboxylic acid groups (broad SMARTS) is 1. The maximum absolute atomic E-state index is 10.7. The Morgan fingerprint density at radius 3 is 2.60 bits per heavy atom. The van der Waals surface area contributed by atoms with Crippen molar-refractivity contribution in [3.05, 3.63) is 34.3 Å². The molecule has 0 heterocycles. The average molecular weight is 273 g/mol. The molecule has 0 bridgehead atoms. The third-order valence-electron chi connectivity index (χ3n) is 2.30. The van der Waals surface area contributed by atoms with Gasteiger partial charge in [-0.2, -0.15) is 0 Å². The predicted octanol–water partition coefficient (Wildman–Crippen LogP) is 2.22. The van der Waals surface area contributed by atoms with Gasteiger partial charge in [-0.05, 0) is 31.4 Å². The fraction of sp³-hybridized carbons (Fsp3) is 0.364. The first-order chi connectivity index (χ1) is 6.93. The highest BCUT2D eigenvalue weighted by molar-refractivity contribution is 9.10. The predicted molar refractivity (Wildman–Crippen MR) is 60.7 cm³/mol. The number of aryl methyl sites for hydroxylation is 1. The molecule has 3 nitrogen and oxygen atoms in total. The van der Waals surface area contributed by atoms with E-state index in [-0.39, 0.29) is 6.42 Å². The van der Waals surface area contributed by atoms with Gasteiger partial charge in [-0.1, -0.05) is 34.1 Å². The van der Waals surface area contributed by atoms with E-state index in [0.29, 0.717) is 6.42 Å². The minimum atomic E-state index is -1.66. The second kappa shape index (κ2) is 4.77. The van der Waals surface area contributed by atoms with Crippen LogP contribution in [-0.2, 0) is 11.2 Å². The Labute approximate surface area is 96.9 Å². The van der Waals surface area contributed by atoms with Crippen LogP contribution in [0.15, 0.2) is 28.7 Å². The number of halogens is 1. The van der Waals surface area contributed by atoms with Crippen LogP contribution in [0, 0.1) is 0 Å². The van der Waals surface area contributed by atoms with Crippen LogP contribution in [0.1, 0.15) is 18.9 Å². The van der Waals surface area contributed by atoms with Gasteiger partial charge in [-0.25, -0.2) is 4.79 Å². The van der Waals surface area contributed by atoms with Gasteiger partial charge in [-0.3, -0.25) is 0 Å². The zero-order chi connectivity index (χ0) is 11.5. The van der Waals surface area contributed by atoms with E-state index in [1.165, 1.54) is 6.92 Å². The van der Waals surface area contributed by atoms with Crippen LogP contribution in [0.2, 0.25) is 0 Å². The van der Waals surface area contributed by atoms with E-state index < -0.39 is 11.6 Å². The first-order valence-corrected chi connectivity index (χ1v) is 5.42. The van der Waals surface area contributed by atoms with E-state index in [9.17, 15) is 9.90 Å². The Morgan fingerprint density at radius 1 is 1.47 bits per heavy atom. The van der Waals surface area contributed by atoms with E-state index in [1.807, 2.05) is 24.3 Å². The molecule has 1 rings (SSSR count). The van der Waals surface area contributed by atoms with Crippen LogP contribution in [0.25, 0.3) is 0 Å². The van der Waals surface area contributed by atoms with Crippen molar-refractivity contribution in [3.63, 3.8) is 0 Å². The van der Waals surface area contributed by atoms with Crippen LogP contribution < -0.4 is 0 Å². The van der Waals surface area contributed by atoms with Crippen molar-refractivity contribution in [2.45, 2.75) is 25.4 Å². The minimum Gasteiger partial charge on any atom is -0.479 e. The largest absolute Gasteiger partial charge is 0.479 e. The van der Waals surface area contributed by atoms with Gasteiger partial charge in [0.2, 0.25) is 0 Å². The van der Waals surface area contributed by atoms with Crippen molar-refractivity contribution in [1.29, 1.82) is 0 Å². The summed E-state index contributed by atoms with van der Waals surface area (Å²) < 4.78 is 0.936. The Hall–Kier alpha value is -0.870. The molecule has 4 heteroatoms. The van der Waals surface area contributed by atoms with Gasteiger partial charge in [0.05, 0.1) is 0 Å². The number of carboxylic acids is 1. The molecular weight excluding hydrogens is 260 g/mol. The molecule has 82 valence electrons. The molecule has 1 aromatic rings. The van der Waals surface area contributed by atoms with Crippen LogP contribution in [-0.4, -0.2) is 21.8 Å². The van der Waals surface area contributed by atoms with E-state index in [1.54, 1.807) is 0 Å². The molecule has 0 aliphatic rings. The fourth-order valence-corrected chi connectivity index (χ4v) is 1.67. The Bertz CT molecular complexity index is 361. The molecule has 15 heavy (non-hydrogen) atoms. The second-order valence-corrected chi connectivity index (χ2v) is 4.52. The molecule has 1 aromatic carbocycles. The van der Waals surface area contributed by atoms with Crippen molar-refractivity contribution in [2.75, 3.05) is 0 Å². The van der Waals surface area contributed by atoms with Crippen LogP contribution >= 0.6 is 15.9 Å². The monoisotopic (exact) mass is 272 g/mol. The first kappa shape index (κ1) is 12.2. The lowest BCUT2D eigenvalue weighted by Crippen LogP contribution is -2.35. The molecule has 1 unspecified atom stereocenters. The minimum absolute atomic E-state index is 0.199. The van der Waals surface area contributed by atoms with Gasteiger partial charge in [0.15, 0.2) is 5.60 Å². The van der Waals surface area contributed by atoms with Gasteiger partial charge in [-0.15, -0.1) is 0 Å². The summed E-state index contributed by atoms with van der Waals surface area (Å²) in [6, 6.07) is 7.57. The summed E-state index contributed by atoms with van der Waals surface area (Å²) in [7, 11) is 0. The van der Waals surface area contributed by atoms with Crippen molar-refractivity contribution < 1.29 is 15.0 Å². The standard InChI is InChI=1S/C11H13BrO3/c1-11(15,10(13)14)7-6-8-4-2-3-5-9(8)12/h2-5,15H,6-7H2,1H3,(H,13,14). The molecule has 0 saturated heterocycles.